The van der Waals surface area contributed by atoms with Crippen LogP contribution in [-0.2, 0) is 17.9 Å². The van der Waals surface area contributed by atoms with Crippen molar-refractivity contribution in [3.05, 3.63) is 109 Å². The summed E-state index contributed by atoms with van der Waals surface area (Å²) in [6.07, 6.45) is 2.82. The highest BCUT2D eigenvalue weighted by molar-refractivity contribution is 9.10. The largest absolute Gasteiger partial charge is 0.496 e. The summed E-state index contributed by atoms with van der Waals surface area (Å²) in [5.41, 5.74) is 1.08. The normalized spacial score (nSPS) is 11.3. The van der Waals surface area contributed by atoms with E-state index in [0.717, 1.165) is 4.68 Å². The molecular weight excluding hydrogens is 649 g/mol. The maximum absolute atomic E-state index is 14.2. The van der Waals surface area contributed by atoms with Gasteiger partial charge in [-0.3, -0.25) is 9.48 Å². The number of carbonyl (C=O) groups excluding carboxylic acids is 1. The summed E-state index contributed by atoms with van der Waals surface area (Å²) in [5.74, 6) is -9.62. The van der Waals surface area contributed by atoms with Crippen LogP contribution in [0.1, 0.15) is 28.1 Å². The zero-order valence-corrected chi connectivity index (χ0v) is 24.6. The van der Waals surface area contributed by atoms with Crippen molar-refractivity contribution < 1.29 is 36.2 Å². The standard InChI is InChI=1S/C29H22BrClF5N3O3/c1-14-29(15(2)39(38-14)12-19-24(32)26(34)28(36)27(35)25(19)33)37-23(40)9-5-16-4-7-21(41-3)17(10-16)13-42-22-8-6-18(31)11-20(22)30/h4-11H,12-13H2,1-3H3,(H,37,40)/b9-5+. The molecule has 0 saturated carbocycles. The zero-order valence-electron chi connectivity index (χ0n) is 22.3. The minimum atomic E-state index is -2.24. The molecule has 0 fully saturated rings. The predicted octanol–water partition coefficient (Wildman–Crippen LogP) is 7.90. The van der Waals surface area contributed by atoms with Gasteiger partial charge in [-0.2, -0.15) is 5.10 Å². The van der Waals surface area contributed by atoms with Crippen LogP contribution in [0.5, 0.6) is 11.5 Å². The molecule has 1 aromatic heterocycles. The molecule has 0 spiro atoms. The summed E-state index contributed by atoms with van der Waals surface area (Å²) < 4.78 is 82.0. The van der Waals surface area contributed by atoms with Crippen molar-refractivity contribution in [1.29, 1.82) is 0 Å². The molecule has 220 valence electrons. The van der Waals surface area contributed by atoms with E-state index in [9.17, 15) is 26.7 Å². The topological polar surface area (TPSA) is 65.4 Å². The molecule has 3 aromatic carbocycles. The quantitative estimate of drug-likeness (QED) is 0.0852. The van der Waals surface area contributed by atoms with Crippen molar-refractivity contribution in [1.82, 2.24) is 9.78 Å². The molecule has 1 N–H and O–H groups in total. The number of ether oxygens (including phenoxy) is 2. The first-order chi connectivity index (χ1) is 19.9. The lowest BCUT2D eigenvalue weighted by Gasteiger charge is -2.12. The van der Waals surface area contributed by atoms with Gasteiger partial charge in [0.15, 0.2) is 23.3 Å². The molecular formula is C29H22BrClF5N3O3. The van der Waals surface area contributed by atoms with E-state index in [1.54, 1.807) is 42.5 Å². The van der Waals surface area contributed by atoms with E-state index < -0.39 is 47.1 Å². The molecule has 42 heavy (non-hydrogen) atoms. The Hall–Kier alpha value is -3.90. The Balaban J connectivity index is 1.49. The molecule has 0 unspecified atom stereocenters. The smallest absolute Gasteiger partial charge is 0.248 e. The first kappa shape index (κ1) is 31.0. The van der Waals surface area contributed by atoms with Gasteiger partial charge in [0.25, 0.3) is 0 Å². The van der Waals surface area contributed by atoms with E-state index in [1.807, 2.05) is 0 Å². The number of carbonyl (C=O) groups is 1. The van der Waals surface area contributed by atoms with Crippen molar-refractivity contribution in [2.75, 3.05) is 12.4 Å². The number of aryl methyl sites for hydroxylation is 1. The number of rotatable bonds is 9. The van der Waals surface area contributed by atoms with Crippen molar-refractivity contribution in [2.24, 2.45) is 0 Å². The Labute approximate surface area is 250 Å². The lowest BCUT2D eigenvalue weighted by Crippen LogP contribution is -2.13. The van der Waals surface area contributed by atoms with Crippen LogP contribution in [0.25, 0.3) is 6.08 Å². The van der Waals surface area contributed by atoms with E-state index in [4.69, 9.17) is 21.1 Å². The molecule has 0 aliphatic carbocycles. The number of aromatic nitrogens is 2. The molecule has 1 heterocycles. The molecule has 4 rings (SSSR count). The van der Waals surface area contributed by atoms with Crippen LogP contribution in [0.2, 0.25) is 5.02 Å². The molecule has 1 amide bonds. The fourth-order valence-electron chi connectivity index (χ4n) is 4.07. The number of benzene rings is 3. The minimum absolute atomic E-state index is 0.165. The summed E-state index contributed by atoms with van der Waals surface area (Å²) in [6, 6.07) is 10.4. The van der Waals surface area contributed by atoms with Crippen molar-refractivity contribution in [3.8, 4) is 11.5 Å². The number of hydrogen-bond acceptors (Lipinski definition) is 4. The van der Waals surface area contributed by atoms with E-state index >= 15 is 0 Å². The maximum Gasteiger partial charge on any atom is 0.248 e. The van der Waals surface area contributed by atoms with Crippen LogP contribution in [0.15, 0.2) is 46.9 Å². The van der Waals surface area contributed by atoms with E-state index in [-0.39, 0.29) is 23.7 Å². The molecule has 0 atom stereocenters. The van der Waals surface area contributed by atoms with Crippen molar-refractivity contribution >= 4 is 45.2 Å². The molecule has 0 aliphatic rings. The van der Waals surface area contributed by atoms with Gasteiger partial charge in [0.1, 0.15) is 18.1 Å². The summed E-state index contributed by atoms with van der Waals surface area (Å²) >= 11 is 9.38. The second-order valence-corrected chi connectivity index (χ2v) is 10.3. The van der Waals surface area contributed by atoms with Crippen LogP contribution in [-0.4, -0.2) is 22.8 Å². The van der Waals surface area contributed by atoms with Gasteiger partial charge in [-0.05, 0) is 71.7 Å². The summed E-state index contributed by atoms with van der Waals surface area (Å²) in [7, 11) is 1.52. The van der Waals surface area contributed by atoms with E-state index in [0.29, 0.717) is 32.1 Å². The molecule has 0 aliphatic heterocycles. The van der Waals surface area contributed by atoms with Gasteiger partial charge in [-0.25, -0.2) is 22.0 Å². The van der Waals surface area contributed by atoms with Gasteiger partial charge >= 0.3 is 0 Å². The molecule has 0 saturated heterocycles. The number of nitrogens with one attached hydrogen (secondary N) is 1. The average Bonchev–Trinajstić information content (AvgIpc) is 3.23. The van der Waals surface area contributed by atoms with Crippen molar-refractivity contribution in [2.45, 2.75) is 27.0 Å². The Morgan fingerprint density at radius 2 is 1.64 bits per heavy atom. The number of nitrogens with zero attached hydrogens (tertiary/aromatic N) is 2. The Morgan fingerprint density at radius 1 is 1.00 bits per heavy atom. The fourth-order valence-corrected chi connectivity index (χ4v) is 4.87. The molecule has 6 nitrogen and oxygen atoms in total. The van der Waals surface area contributed by atoms with Gasteiger partial charge in [0, 0.05) is 16.7 Å². The Kier molecular flexibility index (Phi) is 9.57. The highest BCUT2D eigenvalue weighted by atomic mass is 79.9. The predicted molar refractivity (Wildman–Crippen MR) is 151 cm³/mol. The SMILES string of the molecule is COc1ccc(/C=C/C(=O)Nc2c(C)nn(Cc3c(F)c(F)c(F)c(F)c3F)c2C)cc1COc1ccc(Cl)cc1Br. The Morgan fingerprint density at radius 3 is 2.29 bits per heavy atom. The lowest BCUT2D eigenvalue weighted by molar-refractivity contribution is -0.111. The Bertz CT molecular complexity index is 1680. The summed E-state index contributed by atoms with van der Waals surface area (Å²) in [5, 5.41) is 7.29. The van der Waals surface area contributed by atoms with Crippen LogP contribution < -0.4 is 14.8 Å². The maximum atomic E-state index is 14.2. The first-order valence-electron chi connectivity index (χ1n) is 12.2. The number of amides is 1. The van der Waals surface area contributed by atoms with Crippen molar-refractivity contribution in [3.63, 3.8) is 0 Å². The third kappa shape index (κ3) is 6.60. The fraction of sp³-hybridized carbons (Fsp3) is 0.172. The summed E-state index contributed by atoms with van der Waals surface area (Å²) in [4.78, 5) is 12.7. The summed E-state index contributed by atoms with van der Waals surface area (Å²) in [6.45, 7) is 2.43. The number of methoxy groups -OCH3 is 1. The van der Waals surface area contributed by atoms with Gasteiger partial charge in [-0.1, -0.05) is 17.7 Å². The zero-order chi connectivity index (χ0) is 30.7. The van der Waals surface area contributed by atoms with E-state index in [2.05, 4.69) is 26.3 Å². The number of halogens is 7. The third-order valence-electron chi connectivity index (χ3n) is 6.25. The van der Waals surface area contributed by atoms with Crippen LogP contribution in [0, 0.1) is 42.9 Å². The third-order valence-corrected chi connectivity index (χ3v) is 7.10. The van der Waals surface area contributed by atoms with E-state index in [1.165, 1.54) is 27.0 Å². The molecule has 4 aromatic rings. The average molecular weight is 671 g/mol. The van der Waals surface area contributed by atoms with Crippen LogP contribution >= 0.6 is 27.5 Å². The van der Waals surface area contributed by atoms with Gasteiger partial charge < -0.3 is 14.8 Å². The molecule has 0 bridgehead atoms. The number of anilines is 1. The molecule has 0 radical (unpaired) electrons. The van der Waals surface area contributed by atoms with Crippen LogP contribution in [0.4, 0.5) is 27.6 Å². The highest BCUT2D eigenvalue weighted by Gasteiger charge is 2.27. The highest BCUT2D eigenvalue weighted by Crippen LogP contribution is 2.30. The molecule has 13 heteroatoms. The van der Waals surface area contributed by atoms with Crippen LogP contribution in [0.3, 0.4) is 0 Å². The second-order valence-electron chi connectivity index (χ2n) is 9.01. The van der Waals surface area contributed by atoms with Gasteiger partial charge in [-0.15, -0.1) is 0 Å². The lowest BCUT2D eigenvalue weighted by atomic mass is 10.1. The second kappa shape index (κ2) is 13.0. The minimum Gasteiger partial charge on any atom is -0.496 e. The monoisotopic (exact) mass is 669 g/mol. The first-order valence-corrected chi connectivity index (χ1v) is 13.4. The van der Waals surface area contributed by atoms with Gasteiger partial charge in [0.05, 0.1) is 40.8 Å². The number of hydrogen-bond donors (Lipinski definition) is 1. The van der Waals surface area contributed by atoms with Gasteiger partial charge in [0.2, 0.25) is 11.7 Å².